The molecule has 2 heterocycles. The Morgan fingerprint density at radius 3 is 3.19 bits per heavy atom. The monoisotopic (exact) mass is 268 g/mol. The molecule has 1 aromatic carbocycles. The van der Waals surface area contributed by atoms with Crippen molar-refractivity contribution in [2.24, 2.45) is 4.99 Å². The van der Waals surface area contributed by atoms with Crippen LogP contribution in [0.5, 0.6) is 0 Å². The van der Waals surface area contributed by atoms with Gasteiger partial charge in [-0.3, -0.25) is 4.99 Å². The molecular weight excluding hydrogens is 260 g/mol. The molecule has 0 saturated carbocycles. The zero-order valence-corrected chi connectivity index (χ0v) is 10.8. The lowest BCUT2D eigenvalue weighted by Gasteiger charge is -2.34. The first-order chi connectivity index (χ1) is 7.77. The Hall–Kier alpha value is -0.580. The van der Waals surface area contributed by atoms with E-state index in [0.717, 1.165) is 45.1 Å². The molecule has 0 radical (unpaired) electrons. The van der Waals surface area contributed by atoms with Crippen LogP contribution in [-0.2, 0) is 0 Å². The Morgan fingerprint density at radius 1 is 1.44 bits per heavy atom. The van der Waals surface area contributed by atoms with E-state index in [1.54, 1.807) is 11.8 Å². The van der Waals surface area contributed by atoms with Gasteiger partial charge in [0.1, 0.15) is 10.2 Å². The van der Waals surface area contributed by atoms with Gasteiger partial charge in [-0.1, -0.05) is 41.6 Å². The van der Waals surface area contributed by atoms with Crippen molar-refractivity contribution >= 4 is 45.7 Å². The number of thiocarbonyl (C=S) groups is 1. The molecule has 0 aliphatic carbocycles. The quantitative estimate of drug-likeness (QED) is 0.672. The van der Waals surface area contributed by atoms with Crippen LogP contribution in [0.25, 0.3) is 0 Å². The van der Waals surface area contributed by atoms with Gasteiger partial charge in [-0.05, 0) is 18.6 Å². The normalized spacial score (nSPS) is 18.9. The lowest BCUT2D eigenvalue weighted by atomic mass is 10.1. The van der Waals surface area contributed by atoms with Crippen LogP contribution in [0.1, 0.15) is 12.0 Å². The maximum Gasteiger partial charge on any atom is 0.146 e. The van der Waals surface area contributed by atoms with E-state index in [9.17, 15) is 0 Å². The summed E-state index contributed by atoms with van der Waals surface area (Å²) in [6.07, 6.45) is 1.06. The maximum absolute atomic E-state index is 6.25. The summed E-state index contributed by atoms with van der Waals surface area (Å²) in [5, 5.41) is 0.762. The Kier molecular flexibility index (Phi) is 2.65. The van der Waals surface area contributed by atoms with E-state index in [0.29, 0.717) is 0 Å². The molecule has 0 aromatic heterocycles. The highest BCUT2D eigenvalue weighted by Crippen LogP contribution is 2.37. The first-order valence-electron chi connectivity index (χ1n) is 5.10. The van der Waals surface area contributed by atoms with Gasteiger partial charge in [0, 0.05) is 23.5 Å². The Labute approximate surface area is 109 Å². The molecule has 16 heavy (non-hydrogen) atoms. The molecule has 0 unspecified atom stereocenters. The molecule has 0 N–H and O–H groups in total. The lowest BCUT2D eigenvalue weighted by Crippen LogP contribution is -2.41. The van der Waals surface area contributed by atoms with Crippen LogP contribution in [0.15, 0.2) is 28.1 Å². The van der Waals surface area contributed by atoms with Crippen molar-refractivity contribution in [1.82, 2.24) is 4.90 Å². The summed E-state index contributed by atoms with van der Waals surface area (Å²) >= 11 is 13.2. The van der Waals surface area contributed by atoms with Gasteiger partial charge in [0.25, 0.3) is 0 Å². The van der Waals surface area contributed by atoms with Gasteiger partial charge in [0.05, 0.1) is 5.02 Å². The molecule has 3 rings (SSSR count). The van der Waals surface area contributed by atoms with Crippen LogP contribution < -0.4 is 0 Å². The molecule has 1 aromatic rings. The number of hydrogen-bond donors (Lipinski definition) is 0. The van der Waals surface area contributed by atoms with Gasteiger partial charge in [-0.2, -0.15) is 0 Å². The third-order valence-electron chi connectivity index (χ3n) is 2.67. The Morgan fingerprint density at radius 2 is 2.31 bits per heavy atom. The SMILES string of the molecule is S=C1Sc2cccc(Cl)c2C2=NCCCN12. The standard InChI is InChI=1S/C11H9ClN2S2/c12-7-3-1-4-8-9(7)10-13-5-2-6-14(10)11(15)16-8/h1,3-4H,2,5-6H2. The van der Waals surface area contributed by atoms with Crippen molar-refractivity contribution < 1.29 is 0 Å². The maximum atomic E-state index is 6.25. The van der Waals surface area contributed by atoms with E-state index in [2.05, 4.69) is 9.89 Å². The van der Waals surface area contributed by atoms with Crippen LogP contribution in [0, 0.1) is 0 Å². The predicted molar refractivity (Wildman–Crippen MR) is 72.6 cm³/mol. The molecule has 0 atom stereocenters. The average molecular weight is 269 g/mol. The molecule has 0 amide bonds. The van der Waals surface area contributed by atoms with Crippen molar-refractivity contribution in [3.8, 4) is 0 Å². The number of halogens is 1. The number of nitrogens with zero attached hydrogens (tertiary/aromatic N) is 2. The van der Waals surface area contributed by atoms with Crippen LogP contribution in [-0.4, -0.2) is 28.1 Å². The number of thioether (sulfide) groups is 1. The zero-order chi connectivity index (χ0) is 11.1. The fourth-order valence-corrected chi connectivity index (χ4v) is 3.64. The minimum atomic E-state index is 0.762. The molecule has 0 fully saturated rings. The molecule has 2 aliphatic rings. The van der Waals surface area contributed by atoms with Gasteiger partial charge in [0.15, 0.2) is 0 Å². The summed E-state index contributed by atoms with van der Waals surface area (Å²) in [5.74, 6) is 0.954. The van der Waals surface area contributed by atoms with Crippen molar-refractivity contribution in [3.05, 3.63) is 28.8 Å². The van der Waals surface area contributed by atoms with E-state index in [1.807, 2.05) is 18.2 Å². The first kappa shape index (κ1) is 10.6. The largest absolute Gasteiger partial charge is 0.311 e. The Bertz CT molecular complexity index is 499. The van der Waals surface area contributed by atoms with Crippen molar-refractivity contribution in [1.29, 1.82) is 0 Å². The van der Waals surface area contributed by atoms with Crippen molar-refractivity contribution in [2.45, 2.75) is 11.3 Å². The highest BCUT2D eigenvalue weighted by Gasteiger charge is 2.30. The van der Waals surface area contributed by atoms with Gasteiger partial charge in [0.2, 0.25) is 0 Å². The summed E-state index contributed by atoms with van der Waals surface area (Å²) in [4.78, 5) is 7.78. The van der Waals surface area contributed by atoms with E-state index in [1.165, 1.54) is 0 Å². The van der Waals surface area contributed by atoms with Crippen LogP contribution in [0.3, 0.4) is 0 Å². The van der Waals surface area contributed by atoms with E-state index in [4.69, 9.17) is 23.8 Å². The topological polar surface area (TPSA) is 15.6 Å². The summed E-state index contributed by atoms with van der Waals surface area (Å²) < 4.78 is 0.883. The summed E-state index contributed by atoms with van der Waals surface area (Å²) in [5.41, 5.74) is 1.04. The molecular formula is C11H9ClN2S2. The van der Waals surface area contributed by atoms with Gasteiger partial charge in [-0.15, -0.1) is 0 Å². The number of aliphatic imine (C=N–C) groups is 1. The van der Waals surface area contributed by atoms with Crippen LogP contribution in [0.4, 0.5) is 0 Å². The molecule has 0 bridgehead atoms. The fraction of sp³-hybridized carbons (Fsp3) is 0.273. The zero-order valence-electron chi connectivity index (χ0n) is 8.44. The number of fused-ring (bicyclic) bond motifs is 3. The molecule has 0 saturated heterocycles. The summed E-state index contributed by atoms with van der Waals surface area (Å²) in [6, 6.07) is 5.91. The van der Waals surface area contributed by atoms with E-state index in [-0.39, 0.29) is 0 Å². The lowest BCUT2D eigenvalue weighted by molar-refractivity contribution is 0.561. The minimum Gasteiger partial charge on any atom is -0.311 e. The Balaban J connectivity index is 2.22. The van der Waals surface area contributed by atoms with Crippen LogP contribution in [0.2, 0.25) is 5.02 Å². The van der Waals surface area contributed by atoms with Gasteiger partial charge >= 0.3 is 0 Å². The second kappa shape index (κ2) is 4.02. The average Bonchev–Trinajstić information content (AvgIpc) is 2.29. The fourth-order valence-electron chi connectivity index (χ4n) is 1.95. The number of amidine groups is 1. The number of hydrogen-bond acceptors (Lipinski definition) is 3. The predicted octanol–water partition coefficient (Wildman–Crippen LogP) is 3.18. The highest BCUT2D eigenvalue weighted by molar-refractivity contribution is 8.23. The molecule has 2 aliphatic heterocycles. The first-order valence-corrected chi connectivity index (χ1v) is 6.70. The summed E-state index contributed by atoms with van der Waals surface area (Å²) in [6.45, 7) is 1.82. The van der Waals surface area contributed by atoms with Crippen molar-refractivity contribution in [2.75, 3.05) is 13.1 Å². The smallest absolute Gasteiger partial charge is 0.146 e. The molecule has 2 nitrogen and oxygen atoms in total. The molecule has 82 valence electrons. The third kappa shape index (κ3) is 1.56. The second-order valence-electron chi connectivity index (χ2n) is 3.69. The minimum absolute atomic E-state index is 0.762. The number of benzene rings is 1. The van der Waals surface area contributed by atoms with Gasteiger partial charge in [-0.25, -0.2) is 0 Å². The third-order valence-corrected chi connectivity index (χ3v) is 4.41. The molecule has 0 spiro atoms. The molecule has 5 heteroatoms. The van der Waals surface area contributed by atoms with Crippen molar-refractivity contribution in [3.63, 3.8) is 0 Å². The van der Waals surface area contributed by atoms with Crippen LogP contribution >= 0.6 is 35.6 Å². The van der Waals surface area contributed by atoms with E-state index < -0.39 is 0 Å². The van der Waals surface area contributed by atoms with Gasteiger partial charge < -0.3 is 4.90 Å². The van der Waals surface area contributed by atoms with E-state index >= 15 is 0 Å². The highest BCUT2D eigenvalue weighted by atomic mass is 35.5. The summed E-state index contributed by atoms with van der Waals surface area (Å²) in [7, 11) is 0. The second-order valence-corrected chi connectivity index (χ2v) is 5.77. The number of rotatable bonds is 0.